The zero-order valence-corrected chi connectivity index (χ0v) is 16.9. The van der Waals surface area contributed by atoms with Gasteiger partial charge in [0, 0.05) is 38.1 Å². The minimum absolute atomic E-state index is 0.422. The Hall–Kier alpha value is -2.23. The summed E-state index contributed by atoms with van der Waals surface area (Å²) < 4.78 is 15.3. The molecule has 2 unspecified atom stereocenters. The van der Waals surface area contributed by atoms with Gasteiger partial charge in [0.1, 0.15) is 5.67 Å². The number of hydrogen-bond donors (Lipinski definition) is 1. The van der Waals surface area contributed by atoms with Crippen molar-refractivity contribution >= 4 is 10.8 Å². The molecule has 150 valence electrons. The van der Waals surface area contributed by atoms with Crippen LogP contribution < -0.4 is 5.32 Å². The van der Waals surface area contributed by atoms with Crippen molar-refractivity contribution in [1.82, 2.24) is 10.2 Å². The highest BCUT2D eigenvalue weighted by Gasteiger charge is 2.41. The van der Waals surface area contributed by atoms with Gasteiger partial charge in [-0.3, -0.25) is 4.90 Å². The molecule has 0 radical (unpaired) electrons. The summed E-state index contributed by atoms with van der Waals surface area (Å²) in [6.45, 7) is 3.09. The number of halogens is 1. The average molecular weight is 389 g/mol. The minimum Gasteiger partial charge on any atom is -0.310 e. The Kier molecular flexibility index (Phi) is 5.11. The monoisotopic (exact) mass is 388 g/mol. The second-order valence-electron chi connectivity index (χ2n) is 8.85. The van der Waals surface area contributed by atoms with Crippen LogP contribution in [0.4, 0.5) is 4.39 Å². The molecule has 5 rings (SSSR count). The Balaban J connectivity index is 1.11. The van der Waals surface area contributed by atoms with E-state index in [1.807, 2.05) is 6.07 Å². The van der Waals surface area contributed by atoms with E-state index in [1.165, 1.54) is 21.9 Å². The summed E-state index contributed by atoms with van der Waals surface area (Å²) in [5.74, 6) is 0.529. The first-order valence-corrected chi connectivity index (χ1v) is 10.9. The van der Waals surface area contributed by atoms with E-state index in [4.69, 9.17) is 0 Å². The van der Waals surface area contributed by atoms with Gasteiger partial charge in [0.15, 0.2) is 0 Å². The predicted molar refractivity (Wildman–Crippen MR) is 118 cm³/mol. The number of rotatable bonds is 6. The molecule has 3 aromatic carbocycles. The molecule has 2 nitrogen and oxygen atoms in total. The van der Waals surface area contributed by atoms with Crippen molar-refractivity contribution in [2.75, 3.05) is 19.6 Å². The first kappa shape index (κ1) is 18.8. The van der Waals surface area contributed by atoms with Crippen molar-refractivity contribution in [3.63, 3.8) is 0 Å². The van der Waals surface area contributed by atoms with Crippen LogP contribution in [0, 0.1) is 0 Å². The summed E-state index contributed by atoms with van der Waals surface area (Å²) in [5.41, 5.74) is 1.63. The normalized spacial score (nSPS) is 23.9. The Morgan fingerprint density at radius 1 is 0.897 bits per heavy atom. The first-order valence-electron chi connectivity index (χ1n) is 10.9. The Morgan fingerprint density at radius 2 is 1.62 bits per heavy atom. The van der Waals surface area contributed by atoms with E-state index in [0.29, 0.717) is 31.3 Å². The summed E-state index contributed by atoms with van der Waals surface area (Å²) >= 11 is 0. The van der Waals surface area contributed by atoms with Crippen molar-refractivity contribution in [2.24, 2.45) is 0 Å². The smallest absolute Gasteiger partial charge is 0.125 e. The number of benzene rings is 3. The van der Waals surface area contributed by atoms with Gasteiger partial charge in [0.2, 0.25) is 0 Å². The average Bonchev–Trinajstić information content (AvgIpc) is 3.55. The molecule has 2 atom stereocenters. The Bertz CT molecular complexity index is 963. The second kappa shape index (κ2) is 7.89. The highest BCUT2D eigenvalue weighted by molar-refractivity contribution is 5.83. The van der Waals surface area contributed by atoms with Crippen LogP contribution in [0.15, 0.2) is 72.8 Å². The van der Waals surface area contributed by atoms with E-state index in [1.54, 1.807) is 0 Å². The summed E-state index contributed by atoms with van der Waals surface area (Å²) in [7, 11) is 0. The highest BCUT2D eigenvalue weighted by Crippen LogP contribution is 2.42. The SMILES string of the molecule is FC1(CNC2CC2c2ccc3ccccc3c2)CCN(Cc2ccccc2)CC1. The molecule has 0 aromatic heterocycles. The van der Waals surface area contributed by atoms with E-state index in [2.05, 4.69) is 76.9 Å². The van der Waals surface area contributed by atoms with Crippen LogP contribution in [0.3, 0.4) is 0 Å². The third-order valence-electron chi connectivity index (χ3n) is 6.67. The topological polar surface area (TPSA) is 15.3 Å². The number of likely N-dealkylation sites (tertiary alicyclic amines) is 1. The standard InChI is InChI=1S/C26H29FN2/c27-26(12-14-29(15-13-26)18-20-6-2-1-3-7-20)19-28-25-17-24(25)23-11-10-21-8-4-5-9-22(21)16-23/h1-11,16,24-25,28H,12-15,17-19H2. The Labute approximate surface area is 172 Å². The van der Waals surface area contributed by atoms with Crippen LogP contribution in [-0.4, -0.2) is 36.2 Å². The zero-order valence-electron chi connectivity index (χ0n) is 16.9. The van der Waals surface area contributed by atoms with Gasteiger partial charge in [0.25, 0.3) is 0 Å². The molecule has 0 spiro atoms. The van der Waals surface area contributed by atoms with E-state index in [9.17, 15) is 0 Å². The zero-order chi connectivity index (χ0) is 19.7. The van der Waals surface area contributed by atoms with E-state index < -0.39 is 5.67 Å². The van der Waals surface area contributed by atoms with Gasteiger partial charge in [-0.2, -0.15) is 0 Å². The van der Waals surface area contributed by atoms with Gasteiger partial charge in [-0.25, -0.2) is 4.39 Å². The lowest BCUT2D eigenvalue weighted by Crippen LogP contribution is -2.47. The van der Waals surface area contributed by atoms with Crippen molar-refractivity contribution in [3.05, 3.63) is 83.9 Å². The van der Waals surface area contributed by atoms with Gasteiger partial charge in [0.05, 0.1) is 0 Å². The molecule has 1 heterocycles. The van der Waals surface area contributed by atoms with Crippen LogP contribution >= 0.6 is 0 Å². The fraction of sp³-hybridized carbons (Fsp3) is 0.385. The third kappa shape index (κ3) is 4.36. The summed E-state index contributed by atoms with van der Waals surface area (Å²) in [6, 6.07) is 26.2. The molecule has 1 N–H and O–H groups in total. The molecule has 1 saturated heterocycles. The van der Waals surface area contributed by atoms with Crippen molar-refractivity contribution < 1.29 is 4.39 Å². The lowest BCUT2D eigenvalue weighted by Gasteiger charge is -2.36. The number of fused-ring (bicyclic) bond motifs is 1. The molecular weight excluding hydrogens is 359 g/mol. The number of nitrogens with zero attached hydrogens (tertiary/aromatic N) is 1. The highest BCUT2D eigenvalue weighted by atomic mass is 19.1. The number of hydrogen-bond acceptors (Lipinski definition) is 2. The van der Waals surface area contributed by atoms with Crippen molar-refractivity contribution in [3.8, 4) is 0 Å². The summed E-state index contributed by atoms with van der Waals surface area (Å²) in [4.78, 5) is 2.38. The van der Waals surface area contributed by atoms with E-state index >= 15 is 4.39 Å². The minimum atomic E-state index is -1.07. The number of piperidine rings is 1. The van der Waals surface area contributed by atoms with E-state index in [-0.39, 0.29) is 0 Å². The molecule has 2 fully saturated rings. The molecule has 2 aliphatic rings. The van der Waals surface area contributed by atoms with Gasteiger partial charge in [-0.15, -0.1) is 0 Å². The van der Waals surface area contributed by atoms with Crippen LogP contribution in [-0.2, 0) is 6.54 Å². The van der Waals surface area contributed by atoms with Crippen molar-refractivity contribution in [2.45, 2.75) is 43.4 Å². The molecule has 3 aromatic rings. The van der Waals surface area contributed by atoms with Crippen LogP contribution in [0.2, 0.25) is 0 Å². The maximum Gasteiger partial charge on any atom is 0.125 e. The van der Waals surface area contributed by atoms with Crippen LogP contribution in [0.1, 0.15) is 36.3 Å². The number of alkyl halides is 1. The van der Waals surface area contributed by atoms with Gasteiger partial charge < -0.3 is 5.32 Å². The second-order valence-corrected chi connectivity index (χ2v) is 8.85. The molecule has 3 heteroatoms. The summed E-state index contributed by atoms with van der Waals surface area (Å²) in [6.07, 6.45) is 2.37. The van der Waals surface area contributed by atoms with Crippen LogP contribution in [0.5, 0.6) is 0 Å². The molecule has 0 bridgehead atoms. The van der Waals surface area contributed by atoms with Crippen molar-refractivity contribution in [1.29, 1.82) is 0 Å². The largest absolute Gasteiger partial charge is 0.310 e. The molecule has 1 aliphatic heterocycles. The quantitative estimate of drug-likeness (QED) is 0.617. The lowest BCUT2D eigenvalue weighted by molar-refractivity contribution is 0.0544. The Morgan fingerprint density at radius 3 is 2.41 bits per heavy atom. The number of nitrogens with one attached hydrogen (secondary N) is 1. The van der Waals surface area contributed by atoms with E-state index in [0.717, 1.165) is 26.1 Å². The molecular formula is C26H29FN2. The third-order valence-corrected chi connectivity index (χ3v) is 6.67. The fourth-order valence-electron chi connectivity index (χ4n) is 4.67. The molecule has 29 heavy (non-hydrogen) atoms. The maximum atomic E-state index is 15.3. The van der Waals surface area contributed by atoms with Gasteiger partial charge >= 0.3 is 0 Å². The maximum absolute atomic E-state index is 15.3. The molecule has 1 saturated carbocycles. The molecule has 0 amide bonds. The fourth-order valence-corrected chi connectivity index (χ4v) is 4.67. The molecule has 1 aliphatic carbocycles. The lowest BCUT2D eigenvalue weighted by atomic mass is 9.93. The van der Waals surface area contributed by atoms with Gasteiger partial charge in [-0.05, 0) is 41.2 Å². The first-order chi connectivity index (χ1) is 14.2. The summed E-state index contributed by atoms with van der Waals surface area (Å²) in [5, 5.41) is 6.11. The van der Waals surface area contributed by atoms with Gasteiger partial charge in [-0.1, -0.05) is 72.8 Å². The predicted octanol–water partition coefficient (Wildman–Crippen LogP) is 5.29. The van der Waals surface area contributed by atoms with Crippen LogP contribution in [0.25, 0.3) is 10.8 Å².